The lowest BCUT2D eigenvalue weighted by molar-refractivity contribution is 0.286. The lowest BCUT2D eigenvalue weighted by Crippen LogP contribution is -2.19. The van der Waals surface area contributed by atoms with Gasteiger partial charge >= 0.3 is 0 Å². The van der Waals surface area contributed by atoms with E-state index in [0.717, 1.165) is 23.8 Å². The Kier molecular flexibility index (Phi) is 5.46. The molecule has 5 heteroatoms. The summed E-state index contributed by atoms with van der Waals surface area (Å²) in [6.45, 7) is 9.26. The van der Waals surface area contributed by atoms with Crippen LogP contribution in [0.3, 0.4) is 0 Å². The van der Waals surface area contributed by atoms with Crippen LogP contribution in [0.5, 0.6) is 0 Å². The van der Waals surface area contributed by atoms with E-state index in [1.165, 1.54) is 0 Å². The number of hydrogen-bond acceptors (Lipinski definition) is 5. The maximum atomic E-state index is 5.79. The van der Waals surface area contributed by atoms with Crippen molar-refractivity contribution in [2.75, 3.05) is 12.3 Å². The molecule has 17 heavy (non-hydrogen) atoms. The Labute approximate surface area is 108 Å². The molecule has 0 aromatic carbocycles. The van der Waals surface area contributed by atoms with Gasteiger partial charge < -0.3 is 10.3 Å². The number of thioether (sulfide) groups is 1. The standard InChI is InChI=1S/C12H23N3OS/c1-5-17-8-10-14-11(16-15-10)9(7-13)6-12(2,3)4/h9H,5-8,13H2,1-4H3. The molecular weight excluding hydrogens is 234 g/mol. The monoisotopic (exact) mass is 257 g/mol. The van der Waals surface area contributed by atoms with E-state index in [9.17, 15) is 0 Å². The summed E-state index contributed by atoms with van der Waals surface area (Å²) in [5.41, 5.74) is 6.01. The molecule has 0 bridgehead atoms. The van der Waals surface area contributed by atoms with Crippen LogP contribution in [0.2, 0.25) is 0 Å². The van der Waals surface area contributed by atoms with Crippen LogP contribution in [0, 0.1) is 5.41 Å². The summed E-state index contributed by atoms with van der Waals surface area (Å²) in [6, 6.07) is 0. The third-order valence-corrected chi connectivity index (χ3v) is 3.28. The highest BCUT2D eigenvalue weighted by Crippen LogP contribution is 2.29. The Hall–Kier alpha value is -0.550. The molecule has 1 heterocycles. The quantitative estimate of drug-likeness (QED) is 0.849. The fourth-order valence-corrected chi connectivity index (χ4v) is 2.20. The SMILES string of the molecule is CCSCc1noc(C(CN)CC(C)(C)C)n1. The van der Waals surface area contributed by atoms with Gasteiger partial charge in [0, 0.05) is 6.54 Å². The van der Waals surface area contributed by atoms with Crippen LogP contribution in [-0.2, 0) is 5.75 Å². The smallest absolute Gasteiger partial charge is 0.231 e. The molecule has 1 aromatic rings. The second-order valence-electron chi connectivity index (χ2n) is 5.38. The Morgan fingerprint density at radius 3 is 2.65 bits per heavy atom. The van der Waals surface area contributed by atoms with Crippen molar-refractivity contribution in [1.82, 2.24) is 10.1 Å². The highest BCUT2D eigenvalue weighted by Gasteiger charge is 2.23. The molecule has 0 spiro atoms. The van der Waals surface area contributed by atoms with Gasteiger partial charge in [0.05, 0.1) is 11.7 Å². The second-order valence-corrected chi connectivity index (χ2v) is 6.66. The van der Waals surface area contributed by atoms with Gasteiger partial charge in [-0.25, -0.2) is 0 Å². The van der Waals surface area contributed by atoms with Crippen molar-refractivity contribution in [1.29, 1.82) is 0 Å². The largest absolute Gasteiger partial charge is 0.339 e. The van der Waals surface area contributed by atoms with E-state index in [4.69, 9.17) is 10.3 Å². The van der Waals surface area contributed by atoms with Crippen LogP contribution in [0.25, 0.3) is 0 Å². The maximum Gasteiger partial charge on any atom is 0.231 e. The summed E-state index contributed by atoms with van der Waals surface area (Å²) >= 11 is 1.79. The van der Waals surface area contributed by atoms with E-state index in [-0.39, 0.29) is 11.3 Å². The Morgan fingerprint density at radius 1 is 1.41 bits per heavy atom. The molecule has 0 fully saturated rings. The number of nitrogens with two attached hydrogens (primary N) is 1. The Balaban J connectivity index is 2.65. The normalized spacial score (nSPS) is 13.9. The lowest BCUT2D eigenvalue weighted by Gasteiger charge is -2.22. The van der Waals surface area contributed by atoms with Crippen LogP contribution < -0.4 is 5.73 Å². The maximum absolute atomic E-state index is 5.79. The molecule has 0 aliphatic rings. The third kappa shape index (κ3) is 5.08. The molecule has 0 aliphatic carbocycles. The van der Waals surface area contributed by atoms with Gasteiger partial charge in [-0.3, -0.25) is 0 Å². The van der Waals surface area contributed by atoms with E-state index >= 15 is 0 Å². The van der Waals surface area contributed by atoms with E-state index in [0.29, 0.717) is 12.4 Å². The van der Waals surface area contributed by atoms with Gasteiger partial charge in [0.1, 0.15) is 0 Å². The summed E-state index contributed by atoms with van der Waals surface area (Å²) in [6.07, 6.45) is 0.964. The summed E-state index contributed by atoms with van der Waals surface area (Å²) in [4.78, 5) is 4.42. The first kappa shape index (κ1) is 14.5. The van der Waals surface area contributed by atoms with Crippen molar-refractivity contribution in [3.63, 3.8) is 0 Å². The number of hydrogen-bond donors (Lipinski definition) is 1. The Morgan fingerprint density at radius 2 is 2.12 bits per heavy atom. The number of nitrogens with zero attached hydrogens (tertiary/aromatic N) is 2. The van der Waals surface area contributed by atoms with Gasteiger partial charge in [0.2, 0.25) is 5.89 Å². The zero-order valence-electron chi connectivity index (χ0n) is 11.2. The predicted octanol–water partition coefficient (Wildman–Crippen LogP) is 2.80. The van der Waals surface area contributed by atoms with Crippen LogP contribution in [-0.4, -0.2) is 22.4 Å². The van der Waals surface area contributed by atoms with Crippen molar-refractivity contribution in [3.8, 4) is 0 Å². The van der Waals surface area contributed by atoms with Crippen LogP contribution in [0.15, 0.2) is 4.52 Å². The first-order valence-electron chi connectivity index (χ1n) is 6.06. The number of rotatable bonds is 6. The van der Waals surface area contributed by atoms with Gasteiger partial charge in [-0.1, -0.05) is 32.9 Å². The van der Waals surface area contributed by atoms with E-state index < -0.39 is 0 Å². The first-order valence-corrected chi connectivity index (χ1v) is 7.22. The lowest BCUT2D eigenvalue weighted by atomic mass is 9.84. The molecule has 0 saturated carbocycles. The van der Waals surface area contributed by atoms with Crippen LogP contribution >= 0.6 is 11.8 Å². The zero-order chi connectivity index (χ0) is 12.9. The van der Waals surface area contributed by atoms with Gasteiger partial charge in [-0.2, -0.15) is 16.7 Å². The highest BCUT2D eigenvalue weighted by molar-refractivity contribution is 7.98. The molecule has 0 amide bonds. The molecule has 0 saturated heterocycles. The first-order chi connectivity index (χ1) is 7.96. The van der Waals surface area contributed by atoms with Crippen molar-refractivity contribution in [2.24, 2.45) is 11.1 Å². The highest BCUT2D eigenvalue weighted by atomic mass is 32.2. The molecule has 1 atom stereocenters. The van der Waals surface area contributed by atoms with Crippen LogP contribution in [0.4, 0.5) is 0 Å². The fraction of sp³-hybridized carbons (Fsp3) is 0.833. The van der Waals surface area contributed by atoms with Gasteiger partial charge in [0.15, 0.2) is 5.82 Å². The van der Waals surface area contributed by atoms with E-state index in [2.05, 4.69) is 37.8 Å². The number of aromatic nitrogens is 2. The summed E-state index contributed by atoms with van der Waals surface area (Å²) < 4.78 is 5.31. The zero-order valence-corrected chi connectivity index (χ0v) is 12.0. The van der Waals surface area contributed by atoms with Gasteiger partial charge in [-0.15, -0.1) is 0 Å². The van der Waals surface area contributed by atoms with Crippen molar-refractivity contribution in [3.05, 3.63) is 11.7 Å². The fourth-order valence-electron chi connectivity index (χ4n) is 1.70. The van der Waals surface area contributed by atoms with Crippen molar-refractivity contribution >= 4 is 11.8 Å². The summed E-state index contributed by atoms with van der Waals surface area (Å²) in [7, 11) is 0. The average Bonchev–Trinajstić information content (AvgIpc) is 2.70. The van der Waals surface area contributed by atoms with Gasteiger partial charge in [0.25, 0.3) is 0 Å². The molecule has 0 aliphatic heterocycles. The molecular formula is C12H23N3OS. The molecule has 0 radical (unpaired) electrons. The third-order valence-electron chi connectivity index (χ3n) is 2.41. The van der Waals surface area contributed by atoms with Crippen molar-refractivity contribution in [2.45, 2.75) is 45.8 Å². The minimum absolute atomic E-state index is 0.169. The van der Waals surface area contributed by atoms with E-state index in [1.54, 1.807) is 11.8 Å². The Bertz CT molecular complexity index is 333. The molecule has 1 aromatic heterocycles. The average molecular weight is 257 g/mol. The molecule has 1 unspecified atom stereocenters. The minimum Gasteiger partial charge on any atom is -0.339 e. The second kappa shape index (κ2) is 6.40. The van der Waals surface area contributed by atoms with Gasteiger partial charge in [-0.05, 0) is 17.6 Å². The summed E-state index contributed by atoms with van der Waals surface area (Å²) in [5.74, 6) is 3.51. The molecule has 4 nitrogen and oxygen atoms in total. The van der Waals surface area contributed by atoms with E-state index in [1.807, 2.05) is 0 Å². The molecule has 2 N–H and O–H groups in total. The molecule has 98 valence electrons. The van der Waals surface area contributed by atoms with Crippen molar-refractivity contribution < 1.29 is 4.52 Å². The molecule has 1 rings (SSSR count). The predicted molar refractivity (Wildman–Crippen MR) is 72.0 cm³/mol. The van der Waals surface area contributed by atoms with Crippen LogP contribution in [0.1, 0.15) is 51.7 Å². The summed E-state index contributed by atoms with van der Waals surface area (Å²) in [5, 5.41) is 3.99. The topological polar surface area (TPSA) is 64.9 Å². The minimum atomic E-state index is 0.169.